The zero-order valence-corrected chi connectivity index (χ0v) is 20.7. The fourth-order valence-electron chi connectivity index (χ4n) is 4.66. The quantitative estimate of drug-likeness (QED) is 0.455. The summed E-state index contributed by atoms with van der Waals surface area (Å²) in [6.45, 7) is 3.58. The molecule has 4 aliphatic rings. The molecule has 184 valence electrons. The van der Waals surface area contributed by atoms with Gasteiger partial charge in [0.1, 0.15) is 16.5 Å². The first-order valence-electron chi connectivity index (χ1n) is 11.9. The number of Topliss-reactive ketones (excluding diaryl/α,β-unsaturated/α-hetero) is 1. The Kier molecular flexibility index (Phi) is 5.76. The standard InChI is InChI=1S/C25H29N4O5S/c1-25(11-12-25)26-35(33,34)19-9-10-21-20(15-19)23(31)27(2)24(32)29(21)16-22(30)17-5-7-18(8-6-17)28-13-3-4-14-28/h5-10,15,19,26H,3-4,11-14,16H2,1-2H3/q+1. The fraction of sp³-hybridized carbons (Fsp3) is 0.440. The number of nitrogens with one attached hydrogen (secondary N) is 1. The molecule has 2 fully saturated rings. The molecule has 2 aliphatic heterocycles. The number of sulfonamides is 1. The summed E-state index contributed by atoms with van der Waals surface area (Å²) in [5.41, 5.74) is 1.43. The van der Waals surface area contributed by atoms with E-state index in [-0.39, 0.29) is 23.6 Å². The third kappa shape index (κ3) is 4.48. The van der Waals surface area contributed by atoms with Gasteiger partial charge >= 0.3 is 11.9 Å². The van der Waals surface area contributed by atoms with Gasteiger partial charge in [-0.15, -0.1) is 0 Å². The van der Waals surface area contributed by atoms with Crippen molar-refractivity contribution in [2.75, 3.05) is 31.6 Å². The summed E-state index contributed by atoms with van der Waals surface area (Å²) >= 11 is 0. The summed E-state index contributed by atoms with van der Waals surface area (Å²) < 4.78 is 29.6. The summed E-state index contributed by atoms with van der Waals surface area (Å²) in [4.78, 5) is 42.0. The van der Waals surface area contributed by atoms with Crippen LogP contribution in [0.2, 0.25) is 0 Å². The smallest absolute Gasteiger partial charge is 0.372 e. The second-order valence-corrected chi connectivity index (χ2v) is 11.7. The largest absolute Gasteiger partial charge is 0.501 e. The van der Waals surface area contributed by atoms with Crippen LogP contribution in [0.4, 0.5) is 10.5 Å². The number of amides is 3. The first-order chi connectivity index (χ1) is 16.6. The van der Waals surface area contributed by atoms with E-state index in [1.54, 1.807) is 12.1 Å². The highest BCUT2D eigenvalue weighted by Gasteiger charge is 2.46. The Bertz CT molecular complexity index is 1300. The molecule has 0 radical (unpaired) electrons. The Morgan fingerprint density at radius 3 is 2.43 bits per heavy atom. The minimum atomic E-state index is -3.75. The number of ketones is 1. The average molecular weight is 498 g/mol. The normalized spacial score (nSPS) is 23.5. The van der Waals surface area contributed by atoms with Crippen molar-refractivity contribution in [1.82, 2.24) is 9.62 Å². The number of imide groups is 1. The van der Waals surface area contributed by atoms with E-state index in [4.69, 9.17) is 0 Å². The van der Waals surface area contributed by atoms with Crippen LogP contribution in [0.15, 0.2) is 48.1 Å². The molecule has 0 bridgehead atoms. The zero-order chi connectivity index (χ0) is 25.0. The number of carbonyl (C=O) groups is 3. The van der Waals surface area contributed by atoms with Crippen molar-refractivity contribution < 1.29 is 27.4 Å². The fourth-order valence-corrected chi connectivity index (χ4v) is 6.29. The van der Waals surface area contributed by atoms with Gasteiger partial charge in [0, 0.05) is 29.9 Å². The summed E-state index contributed by atoms with van der Waals surface area (Å²) in [6.07, 6.45) is 8.11. The third-order valence-corrected chi connectivity index (χ3v) is 8.89. The summed E-state index contributed by atoms with van der Waals surface area (Å²) in [7, 11) is -2.42. The number of fused-ring (bicyclic) bond motifs is 1. The lowest BCUT2D eigenvalue weighted by Gasteiger charge is -2.24. The molecule has 1 unspecified atom stereocenters. The van der Waals surface area contributed by atoms with Crippen molar-refractivity contribution in [3.63, 3.8) is 0 Å². The van der Waals surface area contributed by atoms with E-state index < -0.39 is 32.8 Å². The lowest BCUT2D eigenvalue weighted by atomic mass is 9.99. The van der Waals surface area contributed by atoms with E-state index in [1.807, 2.05) is 19.1 Å². The average Bonchev–Trinajstić information content (AvgIpc) is 3.31. The van der Waals surface area contributed by atoms with Crippen LogP contribution in [0.5, 0.6) is 0 Å². The monoisotopic (exact) mass is 497 g/mol. The van der Waals surface area contributed by atoms with E-state index >= 15 is 0 Å². The number of anilines is 1. The zero-order valence-electron chi connectivity index (χ0n) is 19.9. The second kappa shape index (κ2) is 8.53. The molecule has 35 heavy (non-hydrogen) atoms. The van der Waals surface area contributed by atoms with Crippen molar-refractivity contribution in [3.05, 3.63) is 53.6 Å². The molecule has 1 aromatic rings. The van der Waals surface area contributed by atoms with Gasteiger partial charge in [0.15, 0.2) is 6.54 Å². The van der Waals surface area contributed by atoms with Crippen molar-refractivity contribution in [1.29, 1.82) is 0 Å². The van der Waals surface area contributed by atoms with Crippen molar-refractivity contribution >= 4 is 39.1 Å². The van der Waals surface area contributed by atoms with Crippen molar-refractivity contribution in [3.8, 4) is 0 Å². The predicted octanol–water partition coefficient (Wildman–Crippen LogP) is 1.85. The first kappa shape index (κ1) is 23.6. The van der Waals surface area contributed by atoms with Gasteiger partial charge in [-0.05, 0) is 69.0 Å². The molecule has 5 rings (SSSR count). The predicted molar refractivity (Wildman–Crippen MR) is 131 cm³/mol. The summed E-state index contributed by atoms with van der Waals surface area (Å²) in [5, 5.41) is -1.04. The van der Waals surface area contributed by atoms with Gasteiger partial charge in [0.25, 0.3) is 0 Å². The van der Waals surface area contributed by atoms with E-state index in [0.29, 0.717) is 5.56 Å². The van der Waals surface area contributed by atoms with Crippen LogP contribution in [-0.4, -0.2) is 78.8 Å². The highest BCUT2D eigenvalue weighted by atomic mass is 32.2. The van der Waals surface area contributed by atoms with Gasteiger partial charge in [-0.25, -0.2) is 17.9 Å². The van der Waals surface area contributed by atoms with Gasteiger partial charge in [0.2, 0.25) is 15.8 Å². The number of nitrogens with zero attached hydrogens (tertiary/aromatic N) is 3. The molecule has 1 N–H and O–H groups in total. The molecule has 0 spiro atoms. The van der Waals surface area contributed by atoms with Crippen LogP contribution < -0.4 is 9.62 Å². The van der Waals surface area contributed by atoms with Crippen LogP contribution in [0.3, 0.4) is 0 Å². The van der Waals surface area contributed by atoms with E-state index in [2.05, 4.69) is 9.62 Å². The molecular formula is C25H29N4O5S+. The van der Waals surface area contributed by atoms with Gasteiger partial charge in [0.05, 0.1) is 7.05 Å². The minimum absolute atomic E-state index is 0.100. The van der Waals surface area contributed by atoms with Crippen LogP contribution in [0.1, 0.15) is 43.0 Å². The lowest BCUT2D eigenvalue weighted by molar-refractivity contribution is -0.421. The molecule has 1 atom stereocenters. The Morgan fingerprint density at radius 2 is 1.80 bits per heavy atom. The maximum absolute atomic E-state index is 13.1. The molecular weight excluding hydrogens is 468 g/mol. The van der Waals surface area contributed by atoms with Crippen molar-refractivity contribution in [2.24, 2.45) is 0 Å². The van der Waals surface area contributed by atoms with E-state index in [1.165, 1.54) is 29.9 Å². The molecule has 2 heterocycles. The number of rotatable bonds is 7. The molecule has 1 aromatic carbocycles. The number of benzene rings is 1. The summed E-state index contributed by atoms with van der Waals surface area (Å²) in [6, 6.07) is 6.70. The Hall–Kier alpha value is -3.11. The van der Waals surface area contributed by atoms with Crippen molar-refractivity contribution in [2.45, 2.75) is 43.4 Å². The number of hydrogen-bond donors (Lipinski definition) is 1. The molecule has 2 aliphatic carbocycles. The Balaban J connectivity index is 1.41. The number of carbonyl (C=O) groups excluding carboxylic acids is 3. The maximum atomic E-state index is 13.1. The second-order valence-electron chi connectivity index (χ2n) is 9.89. The van der Waals surface area contributed by atoms with Gasteiger partial charge in [-0.2, -0.15) is 14.3 Å². The Labute approximate surface area is 204 Å². The SMILES string of the molecule is CN1C(=O)C2=CC(S(=O)(=O)NC3(C)CC3)C=CC2=[N+](CC(=O)c2ccc(N3CCCC3)cc2)C1=O. The third-order valence-electron chi connectivity index (χ3n) is 7.10. The molecule has 0 aromatic heterocycles. The topological polar surface area (TPSA) is 107 Å². The number of urea groups is 1. The number of allylic oxidation sites excluding steroid dienone is 1. The molecule has 1 saturated carbocycles. The highest BCUT2D eigenvalue weighted by molar-refractivity contribution is 7.90. The lowest BCUT2D eigenvalue weighted by Crippen LogP contribution is -2.51. The number of hydrogen-bond acceptors (Lipinski definition) is 6. The molecule has 3 amide bonds. The van der Waals surface area contributed by atoms with Gasteiger partial charge < -0.3 is 4.90 Å². The molecule has 1 saturated heterocycles. The van der Waals surface area contributed by atoms with E-state index in [9.17, 15) is 22.8 Å². The molecule has 10 heteroatoms. The van der Waals surface area contributed by atoms with Crippen LogP contribution in [-0.2, 0) is 14.8 Å². The maximum Gasteiger partial charge on any atom is 0.501 e. The summed E-state index contributed by atoms with van der Waals surface area (Å²) in [5.74, 6) is -0.863. The van der Waals surface area contributed by atoms with Crippen LogP contribution in [0.25, 0.3) is 0 Å². The van der Waals surface area contributed by atoms with Crippen LogP contribution >= 0.6 is 0 Å². The van der Waals surface area contributed by atoms with Gasteiger partial charge in [-0.1, -0.05) is 6.08 Å². The molecule has 9 nitrogen and oxygen atoms in total. The highest BCUT2D eigenvalue weighted by Crippen LogP contribution is 2.36. The van der Waals surface area contributed by atoms with Gasteiger partial charge in [-0.3, -0.25) is 4.79 Å². The van der Waals surface area contributed by atoms with Crippen LogP contribution in [0, 0.1) is 0 Å². The Morgan fingerprint density at radius 1 is 1.14 bits per heavy atom. The number of likely N-dealkylation sites (N-methyl/N-ethyl adjacent to an activating group) is 1. The first-order valence-corrected chi connectivity index (χ1v) is 13.4. The minimum Gasteiger partial charge on any atom is -0.372 e. The van der Waals surface area contributed by atoms with E-state index in [0.717, 1.165) is 49.4 Å².